The van der Waals surface area contributed by atoms with Crippen LogP contribution in [0.1, 0.15) is 27.1 Å². The lowest BCUT2D eigenvalue weighted by atomic mass is 9.91. The number of fused-ring (bicyclic) bond motifs is 2. The first-order valence-electron chi connectivity index (χ1n) is 12.7. The fourth-order valence-electron chi connectivity index (χ4n) is 5.14. The largest absolute Gasteiger partial charge is 0.418 e. The molecule has 0 unspecified atom stereocenters. The summed E-state index contributed by atoms with van der Waals surface area (Å²) in [4.78, 5) is 5.58. The monoisotopic (exact) mass is 538 g/mol. The summed E-state index contributed by atoms with van der Waals surface area (Å²) in [6.45, 7) is 2.81. The predicted octanol–water partition coefficient (Wildman–Crippen LogP) is 9.65. The summed E-state index contributed by atoms with van der Waals surface area (Å²) in [7, 11) is 0. The van der Waals surface area contributed by atoms with Crippen LogP contribution in [0.3, 0.4) is 0 Å². The number of pyridine rings is 1. The molecule has 4 aromatic carbocycles. The average Bonchev–Trinajstić information content (AvgIpc) is 3.27. The number of halogens is 3. The topological polar surface area (TPSA) is 24.9 Å². The van der Waals surface area contributed by atoms with Gasteiger partial charge in [-0.1, -0.05) is 72.8 Å². The lowest BCUT2D eigenvalue weighted by Crippen LogP contribution is -2.07. The number of benzene rings is 4. The molecule has 39 heavy (non-hydrogen) atoms. The number of para-hydroxylation sites is 1. The van der Waals surface area contributed by atoms with Crippen molar-refractivity contribution in [3.8, 4) is 11.1 Å². The van der Waals surface area contributed by atoms with E-state index < -0.39 is 11.7 Å². The maximum Gasteiger partial charge on any atom is 0.418 e. The van der Waals surface area contributed by atoms with Crippen LogP contribution in [0, 0.1) is 6.92 Å². The molecule has 6 heteroatoms. The number of nitrogens with zero attached hydrogens (tertiary/aromatic N) is 1. The van der Waals surface area contributed by atoms with Crippen molar-refractivity contribution >= 4 is 38.0 Å². The van der Waals surface area contributed by atoms with Crippen LogP contribution in [0.15, 0.2) is 103 Å². The highest BCUT2D eigenvalue weighted by Gasteiger charge is 2.33. The van der Waals surface area contributed by atoms with E-state index >= 15 is 0 Å². The fraction of sp³-hybridized carbons (Fsp3) is 0.121. The Morgan fingerprint density at radius 3 is 2.36 bits per heavy atom. The molecular weight excluding hydrogens is 513 g/mol. The Hall–Kier alpha value is -4.16. The number of aromatic nitrogens is 1. The molecule has 6 rings (SSSR count). The highest BCUT2D eigenvalue weighted by atomic mass is 32.1. The van der Waals surface area contributed by atoms with E-state index in [1.807, 2.05) is 54.6 Å². The van der Waals surface area contributed by atoms with Gasteiger partial charge in [0, 0.05) is 33.4 Å². The van der Waals surface area contributed by atoms with Gasteiger partial charge in [-0.15, -0.1) is 11.3 Å². The van der Waals surface area contributed by atoms with Crippen LogP contribution in [0.5, 0.6) is 0 Å². The third-order valence-corrected chi connectivity index (χ3v) is 8.34. The number of anilines is 1. The van der Waals surface area contributed by atoms with Crippen molar-refractivity contribution in [2.45, 2.75) is 26.1 Å². The van der Waals surface area contributed by atoms with Gasteiger partial charge in [0.05, 0.1) is 11.1 Å². The number of nitrogens with one attached hydrogen (secondary N) is 1. The van der Waals surface area contributed by atoms with Gasteiger partial charge in [-0.2, -0.15) is 13.2 Å². The van der Waals surface area contributed by atoms with Crippen molar-refractivity contribution in [3.05, 3.63) is 130 Å². The maximum absolute atomic E-state index is 13.9. The predicted molar refractivity (Wildman–Crippen MR) is 155 cm³/mol. The minimum atomic E-state index is -4.49. The number of hydrogen-bond donors (Lipinski definition) is 1. The second-order valence-corrected chi connectivity index (χ2v) is 10.7. The molecule has 0 radical (unpaired) electrons. The number of alkyl halides is 3. The number of rotatable bonds is 6. The Balaban J connectivity index is 1.42. The van der Waals surface area contributed by atoms with Gasteiger partial charge in [-0.05, 0) is 70.8 Å². The maximum atomic E-state index is 13.9. The summed E-state index contributed by atoms with van der Waals surface area (Å²) in [6.07, 6.45) is -2.33. The van der Waals surface area contributed by atoms with Crippen LogP contribution in [0.2, 0.25) is 0 Å². The smallest absolute Gasteiger partial charge is 0.380 e. The molecule has 0 aliphatic carbocycles. The SMILES string of the molecule is Cc1c(CNc2cccc(-c3c(Cc4ccccc4)cnc4c(C(F)(F)F)cccc34)c2)sc2ccccc12. The van der Waals surface area contributed by atoms with Gasteiger partial charge in [-0.25, -0.2) is 0 Å². The summed E-state index contributed by atoms with van der Waals surface area (Å²) in [5, 5.41) is 5.30. The van der Waals surface area contributed by atoms with Crippen LogP contribution < -0.4 is 5.32 Å². The Morgan fingerprint density at radius 1 is 0.821 bits per heavy atom. The van der Waals surface area contributed by atoms with Crippen molar-refractivity contribution in [1.29, 1.82) is 0 Å². The van der Waals surface area contributed by atoms with E-state index in [9.17, 15) is 13.2 Å². The molecule has 194 valence electrons. The van der Waals surface area contributed by atoms with E-state index in [0.29, 0.717) is 18.4 Å². The molecule has 0 aliphatic heterocycles. The van der Waals surface area contributed by atoms with Gasteiger partial charge < -0.3 is 5.32 Å². The zero-order valence-electron chi connectivity index (χ0n) is 21.2. The molecule has 0 amide bonds. The van der Waals surface area contributed by atoms with Gasteiger partial charge in [0.15, 0.2) is 0 Å². The van der Waals surface area contributed by atoms with Crippen molar-refractivity contribution in [1.82, 2.24) is 4.98 Å². The van der Waals surface area contributed by atoms with Crippen LogP contribution in [0.4, 0.5) is 18.9 Å². The number of aryl methyl sites for hydroxylation is 1. The first-order valence-corrected chi connectivity index (χ1v) is 13.5. The van der Waals surface area contributed by atoms with Crippen LogP contribution in [-0.2, 0) is 19.1 Å². The molecule has 0 saturated carbocycles. The molecule has 0 saturated heterocycles. The van der Waals surface area contributed by atoms with Crippen LogP contribution in [0.25, 0.3) is 32.1 Å². The minimum absolute atomic E-state index is 0.0314. The Morgan fingerprint density at radius 2 is 1.56 bits per heavy atom. The normalized spacial score (nSPS) is 11.8. The molecule has 2 nitrogen and oxygen atoms in total. The lowest BCUT2D eigenvalue weighted by Gasteiger charge is -2.17. The van der Waals surface area contributed by atoms with Crippen molar-refractivity contribution in [2.24, 2.45) is 0 Å². The first kappa shape index (κ1) is 25.1. The van der Waals surface area contributed by atoms with Crippen molar-refractivity contribution < 1.29 is 13.2 Å². The standard InChI is InChI=1S/C33H25F3N2S/c1-21-26-13-5-6-16-29(26)39-30(21)20-37-25-12-7-11-23(18-25)31-24(17-22-9-3-2-4-10-22)19-38-32-27(31)14-8-15-28(32)33(34,35)36/h2-16,18-19,37H,17,20H2,1H3. The van der Waals surface area contributed by atoms with Gasteiger partial charge in [0.1, 0.15) is 0 Å². The highest BCUT2D eigenvalue weighted by molar-refractivity contribution is 7.19. The first-order chi connectivity index (χ1) is 18.9. The summed E-state index contributed by atoms with van der Waals surface area (Å²) in [5.74, 6) is 0. The molecular formula is C33H25F3N2S. The second-order valence-electron chi connectivity index (χ2n) is 9.60. The highest BCUT2D eigenvalue weighted by Crippen LogP contribution is 2.39. The van der Waals surface area contributed by atoms with Gasteiger partial charge in [0.2, 0.25) is 0 Å². The Bertz CT molecular complexity index is 1790. The average molecular weight is 539 g/mol. The molecule has 0 bridgehead atoms. The molecule has 2 aromatic heterocycles. The summed E-state index contributed by atoms with van der Waals surface area (Å²) >= 11 is 1.78. The number of thiophene rings is 1. The zero-order valence-corrected chi connectivity index (χ0v) is 22.0. The van der Waals surface area contributed by atoms with Crippen molar-refractivity contribution in [2.75, 3.05) is 5.32 Å². The zero-order chi connectivity index (χ0) is 27.0. The van der Waals surface area contributed by atoms with E-state index in [2.05, 4.69) is 41.5 Å². The summed E-state index contributed by atoms with van der Waals surface area (Å²) < 4.78 is 42.9. The van der Waals surface area contributed by atoms with Gasteiger partial charge in [-0.3, -0.25) is 4.98 Å². The van der Waals surface area contributed by atoms with Crippen LogP contribution >= 0.6 is 11.3 Å². The van der Waals surface area contributed by atoms with E-state index in [0.717, 1.165) is 34.0 Å². The molecule has 2 heterocycles. The molecule has 0 aliphatic rings. The van der Waals surface area contributed by atoms with E-state index in [4.69, 9.17) is 0 Å². The van der Waals surface area contributed by atoms with Gasteiger partial charge in [0.25, 0.3) is 0 Å². The second kappa shape index (κ2) is 10.2. The van der Waals surface area contributed by atoms with Crippen LogP contribution in [-0.4, -0.2) is 4.98 Å². The van der Waals surface area contributed by atoms with E-state index in [-0.39, 0.29) is 5.52 Å². The fourth-order valence-corrected chi connectivity index (χ4v) is 6.29. The molecule has 6 aromatic rings. The molecule has 0 atom stereocenters. The van der Waals surface area contributed by atoms with E-state index in [1.54, 1.807) is 23.6 Å². The third-order valence-electron chi connectivity index (χ3n) is 7.07. The molecule has 1 N–H and O–H groups in total. The van der Waals surface area contributed by atoms with Gasteiger partial charge >= 0.3 is 6.18 Å². The number of hydrogen-bond acceptors (Lipinski definition) is 3. The third kappa shape index (κ3) is 5.00. The Kier molecular flexibility index (Phi) is 6.57. The minimum Gasteiger partial charge on any atom is -0.380 e. The van der Waals surface area contributed by atoms with Crippen molar-refractivity contribution in [3.63, 3.8) is 0 Å². The molecule has 0 spiro atoms. The summed E-state index contributed by atoms with van der Waals surface area (Å²) in [5.41, 5.74) is 5.00. The lowest BCUT2D eigenvalue weighted by molar-refractivity contribution is -0.136. The quantitative estimate of drug-likeness (QED) is 0.228. The Labute approximate surface area is 228 Å². The molecule has 0 fully saturated rings. The van der Waals surface area contributed by atoms with E-state index in [1.165, 1.54) is 26.6 Å². The summed E-state index contributed by atoms with van der Waals surface area (Å²) in [6, 6.07) is 30.5.